The molecule has 1 aromatic rings. The Morgan fingerprint density at radius 2 is 2.09 bits per heavy atom. The summed E-state index contributed by atoms with van der Waals surface area (Å²) in [7, 11) is -3.42. The van der Waals surface area contributed by atoms with E-state index >= 15 is 0 Å². The Morgan fingerprint density at radius 3 is 2.64 bits per heavy atom. The molecule has 124 valence electrons. The van der Waals surface area contributed by atoms with Gasteiger partial charge in [0, 0.05) is 24.7 Å². The van der Waals surface area contributed by atoms with Crippen LogP contribution in [0.1, 0.15) is 50.9 Å². The van der Waals surface area contributed by atoms with Crippen LogP contribution in [0.5, 0.6) is 0 Å². The summed E-state index contributed by atoms with van der Waals surface area (Å²) in [5.74, 6) is -0.109. The molecular formula is C15H25N3O3S. The summed E-state index contributed by atoms with van der Waals surface area (Å²) in [5, 5.41) is 5.68. The summed E-state index contributed by atoms with van der Waals surface area (Å²) < 4.78 is 24.4. The van der Waals surface area contributed by atoms with Crippen molar-refractivity contribution >= 4 is 15.7 Å². The predicted molar refractivity (Wildman–Crippen MR) is 85.4 cm³/mol. The number of carbonyl (C=O) groups excluding carboxylic acids is 1. The van der Waals surface area contributed by atoms with E-state index < -0.39 is 20.3 Å². The van der Waals surface area contributed by atoms with Gasteiger partial charge >= 0.3 is 0 Å². The minimum absolute atomic E-state index is 0.177. The van der Waals surface area contributed by atoms with Gasteiger partial charge in [-0.1, -0.05) is 0 Å². The molecule has 2 atom stereocenters. The molecule has 1 aromatic heterocycles. The fraction of sp³-hybridized carbons (Fsp3) is 0.733. The fourth-order valence-electron chi connectivity index (χ4n) is 2.87. The summed E-state index contributed by atoms with van der Waals surface area (Å²) in [4.78, 5) is 14.2. The second kappa shape index (κ2) is 6.40. The van der Waals surface area contributed by atoms with Crippen molar-refractivity contribution in [2.24, 2.45) is 0 Å². The number of rotatable bonds is 4. The Balaban J connectivity index is 2.10. The Morgan fingerprint density at radius 1 is 1.41 bits per heavy atom. The molecular weight excluding hydrogens is 302 g/mol. The molecule has 1 saturated heterocycles. The Labute approximate surface area is 132 Å². The SMILES string of the molecule is Cc1cc([C@@H]2CCCN(C(=O)[C@@H](C)S(=O)(=O)C(C)C)C2)n[nH]1. The van der Waals surface area contributed by atoms with Gasteiger partial charge in [-0.3, -0.25) is 9.89 Å². The number of hydrogen-bond acceptors (Lipinski definition) is 4. The van der Waals surface area contributed by atoms with Crippen LogP contribution in [-0.4, -0.2) is 53.0 Å². The standard InChI is InChI=1S/C15H25N3O3S/c1-10(2)22(20,21)12(4)15(19)18-7-5-6-13(9-18)14-8-11(3)16-17-14/h8,10,12-13H,5-7,9H2,1-4H3,(H,16,17)/t12-,13-/m1/s1. The molecule has 22 heavy (non-hydrogen) atoms. The molecule has 2 rings (SSSR count). The lowest BCUT2D eigenvalue weighted by Gasteiger charge is -2.33. The highest BCUT2D eigenvalue weighted by molar-refractivity contribution is 7.93. The maximum Gasteiger partial charge on any atom is 0.240 e. The van der Waals surface area contributed by atoms with Gasteiger partial charge in [0.25, 0.3) is 0 Å². The topological polar surface area (TPSA) is 83.1 Å². The lowest BCUT2D eigenvalue weighted by molar-refractivity contribution is -0.131. The van der Waals surface area contributed by atoms with Gasteiger partial charge in [-0.25, -0.2) is 8.42 Å². The van der Waals surface area contributed by atoms with Crippen LogP contribution in [0.2, 0.25) is 0 Å². The first-order valence-corrected chi connectivity index (χ1v) is 9.37. The second-order valence-electron chi connectivity index (χ2n) is 6.38. The van der Waals surface area contributed by atoms with E-state index in [1.165, 1.54) is 6.92 Å². The predicted octanol–water partition coefficient (Wildman–Crippen LogP) is 1.64. The van der Waals surface area contributed by atoms with Crippen molar-refractivity contribution in [3.8, 4) is 0 Å². The van der Waals surface area contributed by atoms with Crippen molar-refractivity contribution in [2.45, 2.75) is 57.0 Å². The summed E-state index contributed by atoms with van der Waals surface area (Å²) in [6.45, 7) is 7.84. The van der Waals surface area contributed by atoms with E-state index in [0.29, 0.717) is 13.1 Å². The van der Waals surface area contributed by atoms with Crippen molar-refractivity contribution in [1.29, 1.82) is 0 Å². The van der Waals surface area contributed by atoms with E-state index in [1.54, 1.807) is 18.7 Å². The number of H-pyrrole nitrogens is 1. The van der Waals surface area contributed by atoms with Crippen molar-refractivity contribution in [1.82, 2.24) is 15.1 Å². The zero-order valence-corrected chi connectivity index (χ0v) is 14.5. The summed E-state index contributed by atoms with van der Waals surface area (Å²) in [5.41, 5.74) is 1.95. The van der Waals surface area contributed by atoms with Gasteiger partial charge in [-0.2, -0.15) is 5.10 Å². The normalized spacial score (nSPS) is 21.1. The van der Waals surface area contributed by atoms with Crippen LogP contribution in [0.15, 0.2) is 6.07 Å². The number of sulfone groups is 1. The average molecular weight is 327 g/mol. The smallest absolute Gasteiger partial charge is 0.240 e. The molecule has 2 heterocycles. The quantitative estimate of drug-likeness (QED) is 0.911. The van der Waals surface area contributed by atoms with Crippen LogP contribution in [0.4, 0.5) is 0 Å². The lowest BCUT2D eigenvalue weighted by Crippen LogP contribution is -2.47. The minimum Gasteiger partial charge on any atom is -0.341 e. The molecule has 1 fully saturated rings. The molecule has 1 N–H and O–H groups in total. The maximum absolute atomic E-state index is 12.5. The third-order valence-corrected chi connectivity index (χ3v) is 6.88. The minimum atomic E-state index is -3.42. The number of aromatic nitrogens is 2. The van der Waals surface area contributed by atoms with Gasteiger partial charge < -0.3 is 4.90 Å². The van der Waals surface area contributed by atoms with Crippen LogP contribution in [0.25, 0.3) is 0 Å². The van der Waals surface area contributed by atoms with E-state index in [-0.39, 0.29) is 11.8 Å². The summed E-state index contributed by atoms with van der Waals surface area (Å²) in [6.07, 6.45) is 1.84. The van der Waals surface area contributed by atoms with Crippen LogP contribution < -0.4 is 0 Å². The van der Waals surface area contributed by atoms with Crippen LogP contribution in [0, 0.1) is 6.92 Å². The number of piperidine rings is 1. The third kappa shape index (κ3) is 3.34. The number of likely N-dealkylation sites (tertiary alicyclic amines) is 1. The Hall–Kier alpha value is -1.37. The van der Waals surface area contributed by atoms with Gasteiger partial charge in [0.05, 0.1) is 10.9 Å². The van der Waals surface area contributed by atoms with E-state index in [1.807, 2.05) is 13.0 Å². The van der Waals surface area contributed by atoms with Gasteiger partial charge in [0.15, 0.2) is 9.84 Å². The van der Waals surface area contributed by atoms with E-state index in [0.717, 1.165) is 24.2 Å². The van der Waals surface area contributed by atoms with E-state index in [9.17, 15) is 13.2 Å². The molecule has 6 nitrogen and oxygen atoms in total. The monoisotopic (exact) mass is 327 g/mol. The van der Waals surface area contributed by atoms with Crippen molar-refractivity contribution in [3.05, 3.63) is 17.5 Å². The Kier molecular flexibility index (Phi) is 4.94. The number of hydrogen-bond donors (Lipinski definition) is 1. The van der Waals surface area contributed by atoms with Gasteiger partial charge in [0.2, 0.25) is 5.91 Å². The maximum atomic E-state index is 12.5. The van der Waals surface area contributed by atoms with E-state index in [2.05, 4.69) is 10.2 Å². The summed E-state index contributed by atoms with van der Waals surface area (Å²) >= 11 is 0. The Bertz CT molecular complexity index is 636. The zero-order chi connectivity index (χ0) is 16.5. The number of aromatic amines is 1. The highest BCUT2D eigenvalue weighted by Gasteiger charge is 2.36. The number of amides is 1. The largest absolute Gasteiger partial charge is 0.341 e. The second-order valence-corrected chi connectivity index (χ2v) is 9.21. The molecule has 7 heteroatoms. The molecule has 1 aliphatic rings. The first-order chi connectivity index (χ1) is 10.2. The number of aryl methyl sites for hydroxylation is 1. The molecule has 0 bridgehead atoms. The lowest BCUT2D eigenvalue weighted by atomic mass is 9.94. The molecule has 0 unspecified atom stereocenters. The van der Waals surface area contributed by atoms with Crippen LogP contribution >= 0.6 is 0 Å². The molecule has 1 aliphatic heterocycles. The van der Waals surface area contributed by atoms with E-state index in [4.69, 9.17) is 0 Å². The molecule has 0 saturated carbocycles. The average Bonchev–Trinajstić information content (AvgIpc) is 2.92. The van der Waals surface area contributed by atoms with Crippen LogP contribution in [0.3, 0.4) is 0 Å². The molecule has 1 amide bonds. The number of carbonyl (C=O) groups is 1. The zero-order valence-electron chi connectivity index (χ0n) is 13.7. The van der Waals surface area contributed by atoms with Gasteiger partial charge in [-0.15, -0.1) is 0 Å². The molecule has 0 radical (unpaired) electrons. The van der Waals surface area contributed by atoms with Crippen molar-refractivity contribution < 1.29 is 13.2 Å². The van der Waals surface area contributed by atoms with Gasteiger partial charge in [-0.05, 0) is 46.6 Å². The number of nitrogens with one attached hydrogen (secondary N) is 1. The van der Waals surface area contributed by atoms with Crippen molar-refractivity contribution in [2.75, 3.05) is 13.1 Å². The molecule has 0 aliphatic carbocycles. The summed E-state index contributed by atoms with van der Waals surface area (Å²) in [6, 6.07) is 1.99. The van der Waals surface area contributed by atoms with Gasteiger partial charge in [0.1, 0.15) is 5.25 Å². The highest BCUT2D eigenvalue weighted by Crippen LogP contribution is 2.27. The molecule has 0 spiro atoms. The first kappa shape index (κ1) is 17.0. The van der Waals surface area contributed by atoms with Crippen LogP contribution in [-0.2, 0) is 14.6 Å². The first-order valence-electron chi connectivity index (χ1n) is 7.77. The highest BCUT2D eigenvalue weighted by atomic mass is 32.2. The van der Waals surface area contributed by atoms with Crippen molar-refractivity contribution in [3.63, 3.8) is 0 Å². The molecule has 0 aromatic carbocycles. The third-order valence-electron chi connectivity index (χ3n) is 4.37. The number of nitrogens with zero attached hydrogens (tertiary/aromatic N) is 2. The fourth-order valence-corrected chi connectivity index (χ4v) is 4.12.